The van der Waals surface area contributed by atoms with Gasteiger partial charge in [0.25, 0.3) is 5.91 Å². The minimum Gasteiger partial charge on any atom is -0.484 e. The van der Waals surface area contributed by atoms with E-state index in [4.69, 9.17) is 4.74 Å². The number of hydrogen-bond acceptors (Lipinski definition) is 3. The number of hydrogen-bond donors (Lipinski definition) is 0. The summed E-state index contributed by atoms with van der Waals surface area (Å²) >= 11 is 0. The molecule has 0 N–H and O–H groups in total. The molecular formula is C23H26N2O3. The van der Waals surface area contributed by atoms with Crippen LogP contribution in [-0.2, 0) is 9.59 Å². The molecule has 0 bridgehead atoms. The van der Waals surface area contributed by atoms with Crippen LogP contribution in [0.3, 0.4) is 0 Å². The average Bonchev–Trinajstić information content (AvgIpc) is 3.54. The molecule has 2 aromatic rings. The van der Waals surface area contributed by atoms with Crippen LogP contribution in [0, 0.1) is 12.8 Å². The molecule has 1 aliphatic heterocycles. The number of ether oxygens (including phenoxy) is 1. The van der Waals surface area contributed by atoms with Crippen molar-refractivity contribution < 1.29 is 14.3 Å². The zero-order chi connectivity index (χ0) is 19.5. The number of nitrogens with zero attached hydrogens (tertiary/aromatic N) is 2. The van der Waals surface area contributed by atoms with Gasteiger partial charge >= 0.3 is 0 Å². The van der Waals surface area contributed by atoms with Crippen molar-refractivity contribution in [2.45, 2.75) is 19.3 Å². The zero-order valence-corrected chi connectivity index (χ0v) is 16.2. The van der Waals surface area contributed by atoms with Crippen LogP contribution in [0.25, 0.3) is 0 Å². The molecule has 2 atom stereocenters. The fourth-order valence-corrected chi connectivity index (χ4v) is 3.82. The molecule has 1 saturated carbocycles. The lowest BCUT2D eigenvalue weighted by Crippen LogP contribution is -2.52. The van der Waals surface area contributed by atoms with Crippen molar-refractivity contribution in [3.63, 3.8) is 0 Å². The van der Waals surface area contributed by atoms with Gasteiger partial charge in [-0.3, -0.25) is 9.59 Å². The van der Waals surface area contributed by atoms with Crippen LogP contribution in [0.1, 0.15) is 23.5 Å². The maximum Gasteiger partial charge on any atom is 0.260 e. The van der Waals surface area contributed by atoms with Crippen molar-refractivity contribution in [1.29, 1.82) is 0 Å². The van der Waals surface area contributed by atoms with Gasteiger partial charge in [-0.05, 0) is 37.0 Å². The first kappa shape index (κ1) is 18.5. The maximum absolute atomic E-state index is 12.8. The topological polar surface area (TPSA) is 49.9 Å². The van der Waals surface area contributed by atoms with E-state index in [1.54, 1.807) is 4.90 Å². The summed E-state index contributed by atoms with van der Waals surface area (Å²) in [6.07, 6.45) is 0.937. The van der Waals surface area contributed by atoms with E-state index < -0.39 is 0 Å². The van der Waals surface area contributed by atoms with Crippen LogP contribution in [0.2, 0.25) is 0 Å². The van der Waals surface area contributed by atoms with Crippen molar-refractivity contribution in [2.75, 3.05) is 32.8 Å². The molecule has 0 radical (unpaired) electrons. The van der Waals surface area contributed by atoms with Crippen molar-refractivity contribution in [1.82, 2.24) is 9.80 Å². The number of aryl methyl sites for hydroxylation is 1. The third kappa shape index (κ3) is 4.19. The predicted molar refractivity (Wildman–Crippen MR) is 107 cm³/mol. The molecule has 28 heavy (non-hydrogen) atoms. The maximum atomic E-state index is 12.8. The molecule has 2 fully saturated rings. The van der Waals surface area contributed by atoms with Crippen molar-refractivity contribution >= 4 is 11.8 Å². The van der Waals surface area contributed by atoms with Crippen molar-refractivity contribution in [3.05, 3.63) is 65.7 Å². The van der Waals surface area contributed by atoms with E-state index >= 15 is 0 Å². The van der Waals surface area contributed by atoms with Crippen LogP contribution in [0.15, 0.2) is 54.6 Å². The lowest BCUT2D eigenvalue weighted by molar-refractivity contribution is -0.141. The summed E-state index contributed by atoms with van der Waals surface area (Å²) in [5.74, 6) is 1.37. The molecule has 0 spiro atoms. The number of amides is 2. The van der Waals surface area contributed by atoms with Crippen LogP contribution in [0.4, 0.5) is 0 Å². The highest BCUT2D eigenvalue weighted by Gasteiger charge is 2.46. The first-order valence-electron chi connectivity index (χ1n) is 9.93. The number of carbonyl (C=O) groups is 2. The lowest BCUT2D eigenvalue weighted by Gasteiger charge is -2.35. The van der Waals surface area contributed by atoms with Gasteiger partial charge in [0, 0.05) is 32.1 Å². The average molecular weight is 378 g/mol. The quantitative estimate of drug-likeness (QED) is 0.804. The monoisotopic (exact) mass is 378 g/mol. The van der Waals surface area contributed by atoms with Crippen LogP contribution >= 0.6 is 0 Å². The van der Waals surface area contributed by atoms with E-state index in [0.717, 1.165) is 12.0 Å². The third-order valence-electron chi connectivity index (χ3n) is 5.66. The van der Waals surface area contributed by atoms with Gasteiger partial charge in [0.1, 0.15) is 5.75 Å². The number of benzene rings is 2. The van der Waals surface area contributed by atoms with Crippen LogP contribution in [0.5, 0.6) is 5.75 Å². The molecule has 1 saturated heterocycles. The van der Waals surface area contributed by atoms with E-state index in [9.17, 15) is 9.59 Å². The van der Waals surface area contributed by atoms with Gasteiger partial charge in [-0.2, -0.15) is 0 Å². The van der Waals surface area contributed by atoms with Crippen LogP contribution < -0.4 is 4.74 Å². The van der Waals surface area contributed by atoms with E-state index in [2.05, 4.69) is 12.1 Å². The lowest BCUT2D eigenvalue weighted by atomic mass is 10.1. The fourth-order valence-electron chi connectivity index (χ4n) is 3.82. The molecule has 0 aromatic heterocycles. The molecule has 5 heteroatoms. The molecule has 1 aliphatic carbocycles. The molecule has 4 rings (SSSR count). The Morgan fingerprint density at radius 3 is 2.25 bits per heavy atom. The summed E-state index contributed by atoms with van der Waals surface area (Å²) in [6.45, 7) is 4.41. The largest absolute Gasteiger partial charge is 0.484 e. The summed E-state index contributed by atoms with van der Waals surface area (Å²) in [7, 11) is 0. The normalized spacial score (nSPS) is 21.3. The second-order valence-corrected chi connectivity index (χ2v) is 7.67. The van der Waals surface area contributed by atoms with Gasteiger partial charge in [-0.1, -0.05) is 48.0 Å². The number of piperazine rings is 1. The SMILES string of the molecule is Cc1ccc(OCC(=O)N2CCN(C(=O)C3CC3c3ccccc3)CC2)cc1. The third-order valence-corrected chi connectivity index (χ3v) is 5.66. The minimum absolute atomic E-state index is 0.0266. The minimum atomic E-state index is -0.0266. The van der Waals surface area contributed by atoms with E-state index in [-0.39, 0.29) is 24.3 Å². The number of carbonyl (C=O) groups excluding carboxylic acids is 2. The van der Waals surface area contributed by atoms with E-state index in [1.807, 2.05) is 54.3 Å². The zero-order valence-electron chi connectivity index (χ0n) is 16.2. The van der Waals surface area contributed by atoms with E-state index in [1.165, 1.54) is 5.56 Å². The van der Waals surface area contributed by atoms with Crippen molar-refractivity contribution in [3.8, 4) is 5.75 Å². The van der Waals surface area contributed by atoms with Gasteiger partial charge in [0.2, 0.25) is 5.91 Å². The smallest absolute Gasteiger partial charge is 0.260 e. The Hall–Kier alpha value is -2.82. The summed E-state index contributed by atoms with van der Waals surface area (Å²) in [5.41, 5.74) is 2.41. The highest BCUT2D eigenvalue weighted by molar-refractivity contribution is 5.83. The second kappa shape index (κ2) is 8.05. The van der Waals surface area contributed by atoms with Crippen LogP contribution in [-0.4, -0.2) is 54.4 Å². The summed E-state index contributed by atoms with van der Waals surface area (Å²) < 4.78 is 5.59. The number of rotatable bonds is 5. The Bertz CT molecular complexity index is 827. The van der Waals surface area contributed by atoms with Gasteiger partial charge < -0.3 is 14.5 Å². The summed E-state index contributed by atoms with van der Waals surface area (Å²) in [4.78, 5) is 28.9. The van der Waals surface area contributed by atoms with Gasteiger partial charge in [0.05, 0.1) is 0 Å². The molecular weight excluding hydrogens is 352 g/mol. The first-order valence-corrected chi connectivity index (χ1v) is 9.93. The molecule has 2 unspecified atom stereocenters. The molecule has 2 amide bonds. The molecule has 5 nitrogen and oxygen atoms in total. The highest BCUT2D eigenvalue weighted by atomic mass is 16.5. The first-order chi connectivity index (χ1) is 13.6. The van der Waals surface area contributed by atoms with Gasteiger partial charge in [0.15, 0.2) is 6.61 Å². The molecule has 1 heterocycles. The molecule has 146 valence electrons. The fraction of sp³-hybridized carbons (Fsp3) is 0.391. The predicted octanol–water partition coefficient (Wildman–Crippen LogP) is 2.85. The Morgan fingerprint density at radius 1 is 0.929 bits per heavy atom. The van der Waals surface area contributed by atoms with Gasteiger partial charge in [-0.15, -0.1) is 0 Å². The Morgan fingerprint density at radius 2 is 1.57 bits per heavy atom. The summed E-state index contributed by atoms with van der Waals surface area (Å²) in [5, 5.41) is 0. The molecule has 2 aromatic carbocycles. The van der Waals surface area contributed by atoms with E-state index in [0.29, 0.717) is 37.8 Å². The second-order valence-electron chi connectivity index (χ2n) is 7.67. The Balaban J connectivity index is 1.22. The highest BCUT2D eigenvalue weighted by Crippen LogP contribution is 2.48. The standard InChI is InChI=1S/C23H26N2O3/c1-17-7-9-19(10-8-17)28-16-22(26)24-11-13-25(14-12-24)23(27)21-15-20(21)18-5-3-2-4-6-18/h2-10,20-21H,11-16H2,1H3. The Labute approximate surface area is 165 Å². The summed E-state index contributed by atoms with van der Waals surface area (Å²) in [6, 6.07) is 17.9. The molecule has 2 aliphatic rings. The Kier molecular flexibility index (Phi) is 5.33. The van der Waals surface area contributed by atoms with Gasteiger partial charge in [-0.25, -0.2) is 0 Å². The van der Waals surface area contributed by atoms with Crippen molar-refractivity contribution in [2.24, 2.45) is 5.92 Å².